The molecule has 3 aromatic rings. The molecular formula is C23H27N5O. The minimum absolute atomic E-state index is 0.209. The van der Waals surface area contributed by atoms with Crippen LogP contribution >= 0.6 is 0 Å². The highest BCUT2D eigenvalue weighted by Crippen LogP contribution is 2.33. The van der Waals surface area contributed by atoms with Gasteiger partial charge in [0.2, 0.25) is 5.91 Å². The fourth-order valence-corrected chi connectivity index (χ4v) is 4.67. The highest BCUT2D eigenvalue weighted by molar-refractivity contribution is 5.80. The zero-order valence-corrected chi connectivity index (χ0v) is 16.7. The highest BCUT2D eigenvalue weighted by Gasteiger charge is 2.34. The number of carbonyl (C=O) groups excluding carboxylic acids is 1. The van der Waals surface area contributed by atoms with Gasteiger partial charge in [0, 0.05) is 35.8 Å². The number of carbonyl (C=O) groups is 1. The third-order valence-corrected chi connectivity index (χ3v) is 6.57. The van der Waals surface area contributed by atoms with E-state index in [-0.39, 0.29) is 5.92 Å². The molecule has 2 saturated carbocycles. The first-order chi connectivity index (χ1) is 14.3. The number of fused-ring (bicyclic) bond motifs is 1. The van der Waals surface area contributed by atoms with E-state index in [1.54, 1.807) is 4.52 Å². The van der Waals surface area contributed by atoms with Gasteiger partial charge >= 0.3 is 0 Å². The summed E-state index contributed by atoms with van der Waals surface area (Å²) in [5.41, 5.74) is 3.96. The molecule has 2 aromatic heterocycles. The third-order valence-electron chi connectivity index (χ3n) is 6.57. The van der Waals surface area contributed by atoms with Crippen molar-refractivity contribution in [1.82, 2.24) is 24.9 Å². The number of hydrogen-bond acceptors (Lipinski definition) is 4. The molecule has 29 heavy (non-hydrogen) atoms. The highest BCUT2D eigenvalue weighted by atomic mass is 16.2. The van der Waals surface area contributed by atoms with E-state index in [2.05, 4.69) is 38.6 Å². The molecular weight excluding hydrogens is 362 g/mol. The fraction of sp³-hybridized carbons (Fsp3) is 0.478. The predicted molar refractivity (Wildman–Crippen MR) is 111 cm³/mol. The summed E-state index contributed by atoms with van der Waals surface area (Å²) in [7, 11) is 0. The number of benzene rings is 1. The van der Waals surface area contributed by atoms with Gasteiger partial charge in [-0.05, 0) is 47.7 Å². The topological polar surface area (TPSA) is 63.4 Å². The van der Waals surface area contributed by atoms with Crippen LogP contribution in [0.3, 0.4) is 0 Å². The molecule has 2 aliphatic carbocycles. The standard InChI is InChI=1S/C23H27N5O/c29-23(18-10-7-11-18)27(21-12-5-2-6-13-21)15-20-14-19(17-8-3-1-4-9-17)16-28-22(20)24-25-26-28/h1,3-4,8-9,14,16,18,21H,2,5-7,10-13,15H2. The summed E-state index contributed by atoms with van der Waals surface area (Å²) in [6.45, 7) is 0.588. The number of rotatable bonds is 5. The molecule has 150 valence electrons. The number of nitrogens with zero attached hydrogens (tertiary/aromatic N) is 5. The monoisotopic (exact) mass is 389 g/mol. The van der Waals surface area contributed by atoms with Crippen molar-refractivity contribution in [2.24, 2.45) is 5.92 Å². The summed E-state index contributed by atoms with van der Waals surface area (Å²) in [6, 6.07) is 12.8. The van der Waals surface area contributed by atoms with Crippen LogP contribution in [-0.2, 0) is 11.3 Å². The van der Waals surface area contributed by atoms with Crippen LogP contribution in [0.5, 0.6) is 0 Å². The van der Waals surface area contributed by atoms with Crippen molar-refractivity contribution in [3.63, 3.8) is 0 Å². The number of aromatic nitrogens is 4. The van der Waals surface area contributed by atoms with Crippen molar-refractivity contribution in [2.75, 3.05) is 0 Å². The summed E-state index contributed by atoms with van der Waals surface area (Å²) >= 11 is 0. The summed E-state index contributed by atoms with van der Waals surface area (Å²) < 4.78 is 1.74. The Balaban J connectivity index is 1.52. The average molecular weight is 390 g/mol. The smallest absolute Gasteiger partial charge is 0.226 e. The van der Waals surface area contributed by atoms with Gasteiger partial charge in [0.1, 0.15) is 0 Å². The van der Waals surface area contributed by atoms with Gasteiger partial charge in [0.25, 0.3) is 0 Å². The largest absolute Gasteiger partial charge is 0.335 e. The van der Waals surface area contributed by atoms with Crippen molar-refractivity contribution in [2.45, 2.75) is 64.0 Å². The predicted octanol–water partition coefficient (Wildman–Crippen LogP) is 4.25. The third kappa shape index (κ3) is 3.63. The molecule has 0 aliphatic heterocycles. The van der Waals surface area contributed by atoms with E-state index in [0.717, 1.165) is 48.0 Å². The van der Waals surface area contributed by atoms with Gasteiger partial charge < -0.3 is 4.90 Å². The van der Waals surface area contributed by atoms with E-state index in [9.17, 15) is 4.79 Å². The molecule has 0 atom stereocenters. The van der Waals surface area contributed by atoms with Gasteiger partial charge in [-0.1, -0.05) is 56.0 Å². The molecule has 5 rings (SSSR count). The molecule has 0 saturated heterocycles. The van der Waals surface area contributed by atoms with Crippen molar-refractivity contribution in [3.8, 4) is 11.1 Å². The molecule has 0 unspecified atom stereocenters. The maximum absolute atomic E-state index is 13.3. The van der Waals surface area contributed by atoms with Gasteiger partial charge in [0.05, 0.1) is 0 Å². The van der Waals surface area contributed by atoms with Crippen LogP contribution in [0.1, 0.15) is 56.9 Å². The first-order valence-corrected chi connectivity index (χ1v) is 10.9. The van der Waals surface area contributed by atoms with E-state index in [1.807, 2.05) is 24.4 Å². The maximum atomic E-state index is 13.3. The Hall–Kier alpha value is -2.76. The molecule has 2 heterocycles. The second kappa shape index (κ2) is 7.93. The molecule has 0 bridgehead atoms. The lowest BCUT2D eigenvalue weighted by Gasteiger charge is -2.38. The molecule has 0 N–H and O–H groups in total. The van der Waals surface area contributed by atoms with E-state index in [4.69, 9.17) is 0 Å². The Morgan fingerprint density at radius 2 is 1.79 bits per heavy atom. The minimum Gasteiger partial charge on any atom is -0.335 e. The van der Waals surface area contributed by atoms with Crippen molar-refractivity contribution < 1.29 is 4.79 Å². The molecule has 0 spiro atoms. The lowest BCUT2D eigenvalue weighted by Crippen LogP contribution is -2.45. The van der Waals surface area contributed by atoms with Gasteiger partial charge in [-0.2, -0.15) is 4.52 Å². The van der Waals surface area contributed by atoms with Crippen molar-refractivity contribution >= 4 is 11.6 Å². The second-order valence-electron chi connectivity index (χ2n) is 8.45. The van der Waals surface area contributed by atoms with Gasteiger partial charge in [0.15, 0.2) is 5.65 Å². The first-order valence-electron chi connectivity index (χ1n) is 10.9. The Morgan fingerprint density at radius 1 is 1.00 bits per heavy atom. The van der Waals surface area contributed by atoms with Crippen LogP contribution in [0.25, 0.3) is 16.8 Å². The molecule has 0 radical (unpaired) electrons. The first kappa shape index (κ1) is 18.3. The Morgan fingerprint density at radius 3 is 2.52 bits per heavy atom. The van der Waals surface area contributed by atoms with Crippen LogP contribution in [0.2, 0.25) is 0 Å². The van der Waals surface area contributed by atoms with Gasteiger partial charge in [-0.15, -0.1) is 5.10 Å². The lowest BCUT2D eigenvalue weighted by molar-refractivity contribution is -0.142. The lowest BCUT2D eigenvalue weighted by atomic mass is 9.83. The Bertz CT molecular complexity index is 989. The van der Waals surface area contributed by atoms with Crippen LogP contribution in [-0.4, -0.2) is 36.9 Å². The normalized spacial score (nSPS) is 17.9. The van der Waals surface area contributed by atoms with Crippen LogP contribution in [0.15, 0.2) is 42.6 Å². The van der Waals surface area contributed by atoms with E-state index >= 15 is 0 Å². The molecule has 2 fully saturated rings. The van der Waals surface area contributed by atoms with E-state index in [0.29, 0.717) is 18.5 Å². The number of hydrogen-bond donors (Lipinski definition) is 0. The minimum atomic E-state index is 0.209. The van der Waals surface area contributed by atoms with Crippen molar-refractivity contribution in [3.05, 3.63) is 48.2 Å². The van der Waals surface area contributed by atoms with E-state index in [1.165, 1.54) is 25.7 Å². The summed E-state index contributed by atoms with van der Waals surface area (Å²) in [4.78, 5) is 15.5. The van der Waals surface area contributed by atoms with Crippen LogP contribution < -0.4 is 0 Å². The fourth-order valence-electron chi connectivity index (χ4n) is 4.67. The Labute approximate surface area is 170 Å². The quantitative estimate of drug-likeness (QED) is 0.654. The van der Waals surface area contributed by atoms with Gasteiger partial charge in [-0.3, -0.25) is 4.79 Å². The molecule has 1 aromatic carbocycles. The SMILES string of the molecule is O=C(C1CCC1)N(Cc1cc(-c2ccccc2)cn2nnnc12)C1CCCCC1. The number of amides is 1. The summed E-state index contributed by atoms with van der Waals surface area (Å²) in [5.74, 6) is 0.542. The van der Waals surface area contributed by atoms with E-state index < -0.39 is 0 Å². The molecule has 1 amide bonds. The number of pyridine rings is 1. The van der Waals surface area contributed by atoms with Gasteiger partial charge in [-0.25, -0.2) is 0 Å². The second-order valence-corrected chi connectivity index (χ2v) is 8.45. The van der Waals surface area contributed by atoms with Crippen molar-refractivity contribution in [1.29, 1.82) is 0 Å². The van der Waals surface area contributed by atoms with Crippen LogP contribution in [0, 0.1) is 5.92 Å². The molecule has 6 nitrogen and oxygen atoms in total. The van der Waals surface area contributed by atoms with Crippen LogP contribution in [0.4, 0.5) is 0 Å². The zero-order valence-electron chi connectivity index (χ0n) is 16.7. The summed E-state index contributed by atoms with van der Waals surface area (Å²) in [5, 5.41) is 12.3. The Kier molecular flexibility index (Phi) is 5.00. The molecule has 2 aliphatic rings. The molecule has 6 heteroatoms. The maximum Gasteiger partial charge on any atom is 0.226 e. The summed E-state index contributed by atoms with van der Waals surface area (Å²) in [6.07, 6.45) is 11.1. The zero-order chi connectivity index (χ0) is 19.6. The number of tetrazole rings is 1. The average Bonchev–Trinajstić information content (AvgIpc) is 3.20.